The lowest BCUT2D eigenvalue weighted by molar-refractivity contribution is -0.150. The molecule has 32 heavy (non-hydrogen) atoms. The van der Waals surface area contributed by atoms with E-state index in [0.717, 1.165) is 4.47 Å². The molecule has 0 saturated carbocycles. The van der Waals surface area contributed by atoms with E-state index in [9.17, 15) is 9.59 Å². The van der Waals surface area contributed by atoms with Crippen LogP contribution in [0, 0.1) is 6.92 Å². The van der Waals surface area contributed by atoms with E-state index in [2.05, 4.69) is 41.9 Å². The van der Waals surface area contributed by atoms with Crippen molar-refractivity contribution < 1.29 is 19.0 Å². The van der Waals surface area contributed by atoms with Gasteiger partial charge in [0.05, 0.1) is 30.8 Å². The van der Waals surface area contributed by atoms with Crippen LogP contribution in [0.3, 0.4) is 0 Å². The van der Waals surface area contributed by atoms with E-state index >= 15 is 0 Å². The van der Waals surface area contributed by atoms with Crippen LogP contribution in [0.15, 0.2) is 49.2 Å². The molecule has 1 atom stereocenters. The second kappa shape index (κ2) is 10.3. The Labute approximate surface area is 201 Å². The van der Waals surface area contributed by atoms with E-state index < -0.39 is 12.1 Å². The summed E-state index contributed by atoms with van der Waals surface area (Å²) >= 11 is 6.85. The Balaban J connectivity index is 1.96. The van der Waals surface area contributed by atoms with Crippen molar-refractivity contribution in [2.45, 2.75) is 26.9 Å². The largest absolute Gasteiger partial charge is 0.493 e. The van der Waals surface area contributed by atoms with Gasteiger partial charge in [-0.05, 0) is 67.0 Å². The second-order valence-electron chi connectivity index (χ2n) is 6.72. The minimum Gasteiger partial charge on any atom is -0.493 e. The van der Waals surface area contributed by atoms with Crippen LogP contribution < -0.4 is 15.0 Å². The normalized spacial score (nSPS) is 12.2. The van der Waals surface area contributed by atoms with Gasteiger partial charge >= 0.3 is 5.97 Å². The van der Waals surface area contributed by atoms with Gasteiger partial charge in [-0.1, -0.05) is 15.9 Å². The second-order valence-corrected chi connectivity index (χ2v) is 8.49. The van der Waals surface area contributed by atoms with Crippen LogP contribution in [0.2, 0.25) is 0 Å². The average Bonchev–Trinajstić information content (AvgIpc) is 2.75. The van der Waals surface area contributed by atoms with Crippen LogP contribution in [0.1, 0.15) is 25.2 Å². The first kappa shape index (κ1) is 23.9. The summed E-state index contributed by atoms with van der Waals surface area (Å²) in [6.45, 7) is 5.31. The molecular weight excluding hydrogens is 546 g/mol. The molecule has 168 valence electrons. The van der Waals surface area contributed by atoms with Crippen molar-refractivity contribution >= 4 is 54.9 Å². The summed E-state index contributed by atoms with van der Waals surface area (Å²) in [7, 11) is 1.49. The Hall–Kier alpha value is -2.72. The van der Waals surface area contributed by atoms with Gasteiger partial charge in [-0.25, -0.2) is 9.78 Å². The van der Waals surface area contributed by atoms with Gasteiger partial charge in [0.1, 0.15) is 5.82 Å². The molecule has 3 aromatic rings. The van der Waals surface area contributed by atoms with Crippen LogP contribution in [0.25, 0.3) is 10.9 Å². The van der Waals surface area contributed by atoms with Crippen molar-refractivity contribution in [2.24, 2.45) is 5.10 Å². The first-order chi connectivity index (χ1) is 15.2. The van der Waals surface area contributed by atoms with Crippen molar-refractivity contribution in [2.75, 3.05) is 13.7 Å². The highest BCUT2D eigenvalue weighted by molar-refractivity contribution is 9.10. The molecule has 0 spiro atoms. The Bertz CT molecular complexity index is 1260. The average molecular weight is 567 g/mol. The summed E-state index contributed by atoms with van der Waals surface area (Å²) in [5.74, 6) is 0.743. The molecule has 0 amide bonds. The number of halogens is 2. The van der Waals surface area contributed by atoms with Gasteiger partial charge in [-0.15, -0.1) is 0 Å². The quantitative estimate of drug-likeness (QED) is 0.310. The molecule has 0 aliphatic carbocycles. The third-order valence-electron chi connectivity index (χ3n) is 4.49. The molecule has 8 nitrogen and oxygen atoms in total. The van der Waals surface area contributed by atoms with E-state index in [0.29, 0.717) is 38.3 Å². The third kappa shape index (κ3) is 5.18. The van der Waals surface area contributed by atoms with Gasteiger partial charge in [0, 0.05) is 14.5 Å². The number of aryl methyl sites for hydroxylation is 1. The van der Waals surface area contributed by atoms with Crippen molar-refractivity contribution in [1.29, 1.82) is 0 Å². The zero-order valence-corrected chi connectivity index (χ0v) is 21.1. The number of fused-ring (bicyclic) bond motifs is 1. The number of nitrogens with zero attached hydrogens (tertiary/aromatic N) is 3. The van der Waals surface area contributed by atoms with Crippen LogP contribution in [0.5, 0.6) is 11.5 Å². The highest BCUT2D eigenvalue weighted by Crippen LogP contribution is 2.33. The van der Waals surface area contributed by atoms with E-state index in [1.807, 2.05) is 6.07 Å². The highest BCUT2D eigenvalue weighted by atomic mass is 79.9. The van der Waals surface area contributed by atoms with Gasteiger partial charge in [-0.3, -0.25) is 4.79 Å². The predicted molar refractivity (Wildman–Crippen MR) is 129 cm³/mol. The monoisotopic (exact) mass is 565 g/mol. The number of hydrogen-bond donors (Lipinski definition) is 0. The summed E-state index contributed by atoms with van der Waals surface area (Å²) in [6, 6.07) is 8.68. The number of esters is 1. The maximum Gasteiger partial charge on any atom is 0.347 e. The molecule has 1 heterocycles. The molecule has 0 aliphatic rings. The van der Waals surface area contributed by atoms with E-state index in [-0.39, 0.29) is 12.2 Å². The first-order valence-electron chi connectivity index (χ1n) is 9.69. The van der Waals surface area contributed by atoms with Crippen molar-refractivity contribution in [3.63, 3.8) is 0 Å². The van der Waals surface area contributed by atoms with Crippen LogP contribution in [-0.4, -0.2) is 41.7 Å². The van der Waals surface area contributed by atoms with E-state index in [4.69, 9.17) is 14.2 Å². The van der Waals surface area contributed by atoms with Gasteiger partial charge in [0.2, 0.25) is 0 Å². The maximum atomic E-state index is 12.9. The number of rotatable bonds is 7. The molecule has 0 fully saturated rings. The molecule has 0 radical (unpaired) electrons. The maximum absolute atomic E-state index is 12.9. The summed E-state index contributed by atoms with van der Waals surface area (Å²) in [5, 5.41) is 4.79. The fraction of sp³-hybridized carbons (Fsp3) is 0.273. The smallest absolute Gasteiger partial charge is 0.347 e. The van der Waals surface area contributed by atoms with Crippen LogP contribution in [0.4, 0.5) is 0 Å². The number of ether oxygens (including phenoxy) is 3. The molecule has 0 bridgehead atoms. The number of carbonyl (C=O) groups excluding carboxylic acids is 1. The summed E-state index contributed by atoms with van der Waals surface area (Å²) in [6.07, 6.45) is 0.713. The summed E-state index contributed by atoms with van der Waals surface area (Å²) < 4.78 is 18.7. The SMILES string of the molecule is CCOC(=O)[C@@H](C)Oc1cc(Br)c(C=Nn2c(C)nc3ccc(Br)cc3c2=O)cc1OC. The number of carbonyl (C=O) groups is 1. The standard InChI is InChI=1S/C22H21Br2N3O5/c1-5-31-22(29)12(2)32-20-10-17(24)14(8-19(20)30-4)11-25-27-13(3)26-18-7-6-15(23)9-16(18)21(27)28/h6-12H,5H2,1-4H3/t12-/m1/s1. The molecule has 0 unspecified atom stereocenters. The lowest BCUT2D eigenvalue weighted by atomic mass is 10.2. The molecule has 3 rings (SSSR count). The molecular formula is C22H21Br2N3O5. The van der Waals surface area contributed by atoms with Crippen molar-refractivity contribution in [1.82, 2.24) is 9.66 Å². The number of benzene rings is 2. The van der Waals surface area contributed by atoms with E-state index in [1.165, 1.54) is 18.0 Å². The van der Waals surface area contributed by atoms with Gasteiger partial charge < -0.3 is 14.2 Å². The van der Waals surface area contributed by atoms with Crippen molar-refractivity contribution in [3.05, 3.63) is 61.0 Å². The topological polar surface area (TPSA) is 92.0 Å². The lowest BCUT2D eigenvalue weighted by Crippen LogP contribution is -2.26. The van der Waals surface area contributed by atoms with Crippen LogP contribution in [-0.2, 0) is 9.53 Å². The van der Waals surface area contributed by atoms with Crippen molar-refractivity contribution in [3.8, 4) is 11.5 Å². The number of hydrogen-bond acceptors (Lipinski definition) is 7. The molecule has 0 saturated heterocycles. The minimum atomic E-state index is -0.806. The summed E-state index contributed by atoms with van der Waals surface area (Å²) in [4.78, 5) is 29.2. The zero-order chi connectivity index (χ0) is 23.4. The Morgan fingerprint density at radius 1 is 1.25 bits per heavy atom. The van der Waals surface area contributed by atoms with Gasteiger partial charge in [-0.2, -0.15) is 9.78 Å². The Morgan fingerprint density at radius 3 is 2.69 bits per heavy atom. The van der Waals surface area contributed by atoms with E-state index in [1.54, 1.807) is 45.0 Å². The van der Waals surface area contributed by atoms with Gasteiger partial charge in [0.25, 0.3) is 5.56 Å². The highest BCUT2D eigenvalue weighted by Gasteiger charge is 2.19. The molecule has 1 aromatic heterocycles. The first-order valence-corrected chi connectivity index (χ1v) is 11.3. The van der Waals surface area contributed by atoms with Crippen LogP contribution >= 0.6 is 31.9 Å². The zero-order valence-electron chi connectivity index (χ0n) is 17.9. The molecule has 0 aliphatic heterocycles. The molecule has 10 heteroatoms. The summed E-state index contributed by atoms with van der Waals surface area (Å²) in [5.41, 5.74) is 0.956. The number of aromatic nitrogens is 2. The Kier molecular flexibility index (Phi) is 7.68. The Morgan fingerprint density at radius 2 is 2.00 bits per heavy atom. The lowest BCUT2D eigenvalue weighted by Gasteiger charge is -2.16. The fourth-order valence-corrected chi connectivity index (χ4v) is 3.70. The predicted octanol–water partition coefficient (Wildman–Crippen LogP) is 4.45. The third-order valence-corrected chi connectivity index (χ3v) is 5.67. The van der Waals surface area contributed by atoms with Gasteiger partial charge in [0.15, 0.2) is 17.6 Å². The molecule has 2 aromatic carbocycles. The minimum absolute atomic E-state index is 0.266. The molecule has 0 N–H and O–H groups in total. The number of methoxy groups -OCH3 is 1. The fourth-order valence-electron chi connectivity index (χ4n) is 2.92.